The lowest BCUT2D eigenvalue weighted by Crippen LogP contribution is -2.13. The molecule has 0 aliphatic heterocycles. The van der Waals surface area contributed by atoms with Crippen LogP contribution < -0.4 is 0 Å². The Morgan fingerprint density at radius 3 is 2.20 bits per heavy atom. The van der Waals surface area contributed by atoms with E-state index in [0.29, 0.717) is 11.3 Å². The molecule has 0 spiro atoms. The molecule has 0 radical (unpaired) electrons. The minimum absolute atomic E-state index is 0.421. The van der Waals surface area contributed by atoms with Crippen LogP contribution in [0.4, 0.5) is 10.1 Å². The van der Waals surface area contributed by atoms with Gasteiger partial charge in [-0.2, -0.15) is 4.99 Å². The van der Waals surface area contributed by atoms with Crippen LogP contribution in [0.5, 0.6) is 0 Å². The van der Waals surface area contributed by atoms with Gasteiger partial charge in [0.15, 0.2) is 0 Å². The number of rotatable bonds is 2. The molecule has 2 nitrogen and oxygen atoms in total. The van der Waals surface area contributed by atoms with Crippen LogP contribution in [-0.4, -0.2) is 6.08 Å². The first-order valence-corrected chi connectivity index (χ1v) is 4.77. The number of carbonyl (C=O) groups excluding carboxylic acids is 1. The van der Waals surface area contributed by atoms with E-state index in [1.807, 2.05) is 20.8 Å². The Morgan fingerprint density at radius 1 is 1.27 bits per heavy atom. The highest BCUT2D eigenvalue weighted by Gasteiger charge is 2.25. The van der Waals surface area contributed by atoms with E-state index in [2.05, 4.69) is 4.99 Å². The first-order chi connectivity index (χ1) is 6.95. The average Bonchev–Trinajstić information content (AvgIpc) is 2.17. The highest BCUT2D eigenvalue weighted by molar-refractivity contribution is 5.49. The van der Waals surface area contributed by atoms with Crippen LogP contribution in [-0.2, 0) is 4.79 Å². The molecule has 0 aliphatic rings. The summed E-state index contributed by atoms with van der Waals surface area (Å²) >= 11 is 0. The number of halogens is 1. The number of hydrogen-bond donors (Lipinski definition) is 0. The van der Waals surface area contributed by atoms with Gasteiger partial charge in [0.1, 0.15) is 6.17 Å². The lowest BCUT2D eigenvalue weighted by Gasteiger charge is -2.23. The Kier molecular flexibility index (Phi) is 3.38. The van der Waals surface area contributed by atoms with Gasteiger partial charge < -0.3 is 0 Å². The van der Waals surface area contributed by atoms with Crippen molar-refractivity contribution in [3.05, 3.63) is 29.8 Å². The molecule has 3 heteroatoms. The second-order valence-electron chi connectivity index (χ2n) is 4.52. The molecule has 0 saturated carbocycles. The Labute approximate surface area is 88.8 Å². The van der Waals surface area contributed by atoms with Crippen LogP contribution in [0.1, 0.15) is 32.5 Å². The molecule has 0 fully saturated rings. The summed E-state index contributed by atoms with van der Waals surface area (Å²) < 4.78 is 13.9. The molecule has 1 aromatic rings. The van der Waals surface area contributed by atoms with E-state index in [9.17, 15) is 9.18 Å². The molecule has 1 atom stereocenters. The summed E-state index contributed by atoms with van der Waals surface area (Å²) in [4.78, 5) is 13.4. The molecule has 15 heavy (non-hydrogen) atoms. The third kappa shape index (κ3) is 3.00. The standard InChI is InChI=1S/C12H14FNO/c1-12(2,3)11(13)9-4-6-10(7-5-9)14-8-15/h4-7,11H,1-3H3. The van der Waals surface area contributed by atoms with Gasteiger partial charge in [0.2, 0.25) is 6.08 Å². The van der Waals surface area contributed by atoms with Crippen molar-refractivity contribution < 1.29 is 9.18 Å². The first-order valence-electron chi connectivity index (χ1n) is 4.77. The summed E-state index contributed by atoms with van der Waals surface area (Å²) in [6.45, 7) is 5.53. The summed E-state index contributed by atoms with van der Waals surface area (Å²) in [5.74, 6) is 0. The van der Waals surface area contributed by atoms with Gasteiger partial charge in [-0.3, -0.25) is 0 Å². The summed E-state index contributed by atoms with van der Waals surface area (Å²) in [5, 5.41) is 0. The molecule has 1 rings (SSSR count). The fourth-order valence-electron chi connectivity index (χ4n) is 1.27. The Balaban J connectivity index is 2.94. The highest BCUT2D eigenvalue weighted by atomic mass is 19.1. The lowest BCUT2D eigenvalue weighted by atomic mass is 9.86. The van der Waals surface area contributed by atoms with E-state index in [1.165, 1.54) is 6.08 Å². The molecular weight excluding hydrogens is 193 g/mol. The normalized spacial score (nSPS) is 13.1. The monoisotopic (exact) mass is 207 g/mol. The minimum atomic E-state index is -1.02. The molecule has 0 aromatic heterocycles. The average molecular weight is 207 g/mol. The molecule has 80 valence electrons. The van der Waals surface area contributed by atoms with Crippen LogP contribution in [0, 0.1) is 5.41 Å². The van der Waals surface area contributed by atoms with Crippen molar-refractivity contribution in [1.82, 2.24) is 0 Å². The third-order valence-corrected chi connectivity index (χ3v) is 2.12. The van der Waals surface area contributed by atoms with Crippen molar-refractivity contribution in [2.75, 3.05) is 0 Å². The van der Waals surface area contributed by atoms with Gasteiger partial charge in [-0.05, 0) is 23.1 Å². The number of nitrogens with zero attached hydrogens (tertiary/aromatic N) is 1. The molecule has 0 saturated heterocycles. The predicted octanol–water partition coefficient (Wildman–Crippen LogP) is 3.71. The zero-order chi connectivity index (χ0) is 11.5. The Bertz CT molecular complexity index is 372. The Hall–Kier alpha value is -1.47. The summed E-state index contributed by atoms with van der Waals surface area (Å²) in [6.07, 6.45) is 0.423. The molecule has 0 amide bonds. The van der Waals surface area contributed by atoms with Gasteiger partial charge in [-0.15, -0.1) is 0 Å². The number of isocyanates is 1. The summed E-state index contributed by atoms with van der Waals surface area (Å²) in [7, 11) is 0. The van der Waals surface area contributed by atoms with Crippen molar-refractivity contribution in [2.24, 2.45) is 10.4 Å². The van der Waals surface area contributed by atoms with Crippen molar-refractivity contribution in [1.29, 1.82) is 0 Å². The van der Waals surface area contributed by atoms with E-state index >= 15 is 0 Å². The second-order valence-corrected chi connectivity index (χ2v) is 4.52. The molecule has 1 unspecified atom stereocenters. The fourth-order valence-corrected chi connectivity index (χ4v) is 1.27. The van der Waals surface area contributed by atoms with E-state index in [-0.39, 0.29) is 0 Å². The fraction of sp³-hybridized carbons (Fsp3) is 0.417. The van der Waals surface area contributed by atoms with Gasteiger partial charge in [-0.1, -0.05) is 32.9 Å². The van der Waals surface area contributed by atoms with Crippen LogP contribution in [0.3, 0.4) is 0 Å². The van der Waals surface area contributed by atoms with Crippen molar-refractivity contribution >= 4 is 11.8 Å². The molecular formula is C12H14FNO. The van der Waals surface area contributed by atoms with E-state index < -0.39 is 11.6 Å². The largest absolute Gasteiger partial charge is 0.242 e. The van der Waals surface area contributed by atoms with Crippen molar-refractivity contribution in [2.45, 2.75) is 26.9 Å². The van der Waals surface area contributed by atoms with Crippen molar-refractivity contribution in [3.63, 3.8) is 0 Å². The quantitative estimate of drug-likeness (QED) is 0.537. The maximum atomic E-state index is 13.9. The SMILES string of the molecule is CC(C)(C)C(F)c1ccc(N=C=O)cc1. The maximum absolute atomic E-state index is 13.9. The topological polar surface area (TPSA) is 29.4 Å². The van der Waals surface area contributed by atoms with Crippen LogP contribution in [0.25, 0.3) is 0 Å². The number of aliphatic imine (C=N–C) groups is 1. The van der Waals surface area contributed by atoms with Crippen molar-refractivity contribution in [3.8, 4) is 0 Å². The van der Waals surface area contributed by atoms with Gasteiger partial charge in [-0.25, -0.2) is 9.18 Å². The minimum Gasteiger partial charge on any atom is -0.242 e. The Morgan fingerprint density at radius 2 is 1.80 bits per heavy atom. The van der Waals surface area contributed by atoms with Gasteiger partial charge in [0.25, 0.3) is 0 Å². The zero-order valence-electron chi connectivity index (χ0n) is 9.12. The number of hydrogen-bond acceptors (Lipinski definition) is 2. The predicted molar refractivity (Wildman–Crippen MR) is 57.5 cm³/mol. The zero-order valence-corrected chi connectivity index (χ0v) is 9.12. The van der Waals surface area contributed by atoms with E-state index in [4.69, 9.17) is 0 Å². The molecule has 0 heterocycles. The maximum Gasteiger partial charge on any atom is 0.240 e. The van der Waals surface area contributed by atoms with E-state index in [0.717, 1.165) is 0 Å². The first kappa shape index (κ1) is 11.6. The number of alkyl halides is 1. The van der Waals surface area contributed by atoms with E-state index in [1.54, 1.807) is 24.3 Å². The second kappa shape index (κ2) is 4.37. The summed E-state index contributed by atoms with van der Waals surface area (Å²) in [5.41, 5.74) is 0.678. The van der Waals surface area contributed by atoms with Crippen LogP contribution >= 0.6 is 0 Å². The van der Waals surface area contributed by atoms with Crippen LogP contribution in [0.15, 0.2) is 29.3 Å². The lowest BCUT2D eigenvalue weighted by molar-refractivity contribution is 0.165. The third-order valence-electron chi connectivity index (χ3n) is 2.12. The molecule has 1 aromatic carbocycles. The smallest absolute Gasteiger partial charge is 0.240 e. The van der Waals surface area contributed by atoms with Gasteiger partial charge in [0, 0.05) is 0 Å². The molecule has 0 aliphatic carbocycles. The highest BCUT2D eigenvalue weighted by Crippen LogP contribution is 2.36. The molecule has 0 N–H and O–H groups in total. The van der Waals surface area contributed by atoms with Crippen LogP contribution in [0.2, 0.25) is 0 Å². The van der Waals surface area contributed by atoms with Gasteiger partial charge in [0.05, 0.1) is 5.69 Å². The number of benzene rings is 1. The van der Waals surface area contributed by atoms with Gasteiger partial charge >= 0.3 is 0 Å². The molecule has 0 bridgehead atoms. The summed E-state index contributed by atoms with van der Waals surface area (Å²) in [6, 6.07) is 6.51.